The molecule has 0 N–H and O–H groups in total. The number of rotatable bonds is 2. The van der Waals surface area contributed by atoms with E-state index in [9.17, 15) is 0 Å². The predicted octanol–water partition coefficient (Wildman–Crippen LogP) is 5.35. The zero-order valence-electron chi connectivity index (χ0n) is 9.13. The van der Waals surface area contributed by atoms with Crippen LogP contribution in [0.4, 0.5) is 0 Å². The number of benzene rings is 1. The van der Waals surface area contributed by atoms with E-state index in [1.807, 2.05) is 25.1 Å². The quantitative estimate of drug-likeness (QED) is 0.646. The fourth-order valence-electron chi connectivity index (χ4n) is 1.61. The smallest absolute Gasteiger partial charge is 0.0942 e. The van der Waals surface area contributed by atoms with E-state index >= 15 is 0 Å². The minimum atomic E-state index is -0.147. The minimum absolute atomic E-state index is 0.147. The third kappa shape index (κ3) is 2.27. The molecule has 0 nitrogen and oxygen atoms in total. The summed E-state index contributed by atoms with van der Waals surface area (Å²) < 4.78 is 0. The molecule has 0 radical (unpaired) electrons. The maximum Gasteiger partial charge on any atom is 0.0942 e. The molecule has 1 heterocycles. The Labute approximate surface area is 110 Å². The van der Waals surface area contributed by atoms with Crippen LogP contribution in [-0.4, -0.2) is 0 Å². The van der Waals surface area contributed by atoms with Crippen molar-refractivity contribution in [2.75, 3.05) is 0 Å². The van der Waals surface area contributed by atoms with Crippen molar-refractivity contribution in [1.82, 2.24) is 0 Å². The predicted molar refractivity (Wildman–Crippen MR) is 72.9 cm³/mol. The van der Waals surface area contributed by atoms with Crippen molar-refractivity contribution in [3.05, 3.63) is 56.2 Å². The van der Waals surface area contributed by atoms with Crippen molar-refractivity contribution in [3.63, 3.8) is 0 Å². The van der Waals surface area contributed by atoms with Crippen LogP contribution in [0.1, 0.15) is 26.3 Å². The highest BCUT2D eigenvalue weighted by atomic mass is 35.5. The van der Waals surface area contributed by atoms with E-state index in [2.05, 4.69) is 19.1 Å². The van der Waals surface area contributed by atoms with Crippen molar-refractivity contribution < 1.29 is 0 Å². The highest BCUT2D eigenvalue weighted by Gasteiger charge is 2.16. The van der Waals surface area contributed by atoms with Gasteiger partial charge in [0.15, 0.2) is 0 Å². The fourth-order valence-corrected chi connectivity index (χ4v) is 3.16. The Kier molecular flexibility index (Phi) is 3.58. The molecule has 0 aliphatic heterocycles. The first-order valence-corrected chi connectivity index (χ1v) is 6.68. The molecule has 0 aliphatic rings. The Bertz CT molecular complexity index is 502. The third-order valence-electron chi connectivity index (χ3n) is 2.51. The Balaban J connectivity index is 2.41. The number of hydrogen-bond acceptors (Lipinski definition) is 1. The average Bonchev–Trinajstić information content (AvgIpc) is 2.68. The molecule has 1 aromatic carbocycles. The summed E-state index contributed by atoms with van der Waals surface area (Å²) in [7, 11) is 0. The van der Waals surface area contributed by atoms with E-state index < -0.39 is 0 Å². The molecule has 1 atom stereocenters. The highest BCUT2D eigenvalue weighted by molar-refractivity contribution is 7.12. The molecule has 0 bridgehead atoms. The molecule has 0 fully saturated rings. The maximum atomic E-state index is 6.45. The molecule has 3 heteroatoms. The zero-order chi connectivity index (χ0) is 11.7. The van der Waals surface area contributed by atoms with Gasteiger partial charge in [-0.2, -0.15) is 0 Å². The van der Waals surface area contributed by atoms with E-state index in [0.29, 0.717) is 0 Å². The summed E-state index contributed by atoms with van der Waals surface area (Å²) in [6.07, 6.45) is 0. The summed E-state index contributed by atoms with van der Waals surface area (Å²) >= 11 is 14.4. The molecule has 2 rings (SSSR count). The summed E-state index contributed by atoms with van der Waals surface area (Å²) in [5, 5.41) is 0.625. The van der Waals surface area contributed by atoms with Crippen LogP contribution in [0.2, 0.25) is 5.02 Å². The number of aryl methyl sites for hydroxylation is 2. The van der Waals surface area contributed by atoms with Crippen molar-refractivity contribution in [2.45, 2.75) is 19.2 Å². The number of halogens is 2. The number of hydrogen-bond donors (Lipinski definition) is 0. The molecule has 0 saturated carbocycles. The fraction of sp³-hybridized carbons (Fsp3) is 0.231. The first-order chi connectivity index (χ1) is 7.59. The largest absolute Gasteiger partial charge is 0.144 e. The van der Waals surface area contributed by atoms with Crippen molar-refractivity contribution >= 4 is 34.5 Å². The van der Waals surface area contributed by atoms with Gasteiger partial charge in [0.05, 0.1) is 5.38 Å². The van der Waals surface area contributed by atoms with E-state index in [4.69, 9.17) is 23.2 Å². The molecule has 1 unspecified atom stereocenters. The van der Waals surface area contributed by atoms with Gasteiger partial charge in [-0.1, -0.05) is 29.8 Å². The number of alkyl halides is 1. The first kappa shape index (κ1) is 12.0. The monoisotopic (exact) mass is 270 g/mol. The van der Waals surface area contributed by atoms with Gasteiger partial charge in [0, 0.05) is 14.8 Å². The van der Waals surface area contributed by atoms with Gasteiger partial charge in [-0.3, -0.25) is 0 Å². The van der Waals surface area contributed by atoms with Crippen LogP contribution in [0.5, 0.6) is 0 Å². The van der Waals surface area contributed by atoms with Gasteiger partial charge in [0.25, 0.3) is 0 Å². The lowest BCUT2D eigenvalue weighted by Crippen LogP contribution is -1.92. The van der Waals surface area contributed by atoms with Gasteiger partial charge >= 0.3 is 0 Å². The molecule has 16 heavy (non-hydrogen) atoms. The van der Waals surface area contributed by atoms with Crippen LogP contribution in [-0.2, 0) is 0 Å². The molecule has 2 aromatic rings. The van der Waals surface area contributed by atoms with E-state index in [0.717, 1.165) is 21.0 Å². The maximum absolute atomic E-state index is 6.45. The SMILES string of the molecule is Cc1ccc(C(Cl)c2cccc(C)c2Cl)s1. The van der Waals surface area contributed by atoms with Crippen LogP contribution in [0.25, 0.3) is 0 Å². The van der Waals surface area contributed by atoms with Gasteiger partial charge < -0.3 is 0 Å². The van der Waals surface area contributed by atoms with Crippen LogP contribution in [0, 0.1) is 13.8 Å². The second-order valence-corrected chi connectivity index (χ2v) is 5.92. The van der Waals surface area contributed by atoms with E-state index in [-0.39, 0.29) is 5.38 Å². The molecule has 0 saturated heterocycles. The molecular weight excluding hydrogens is 259 g/mol. The highest BCUT2D eigenvalue weighted by Crippen LogP contribution is 2.37. The lowest BCUT2D eigenvalue weighted by Gasteiger charge is -2.11. The average molecular weight is 271 g/mol. The summed E-state index contributed by atoms with van der Waals surface area (Å²) in [5.41, 5.74) is 2.06. The van der Waals surface area contributed by atoms with Crippen molar-refractivity contribution in [1.29, 1.82) is 0 Å². The van der Waals surface area contributed by atoms with Crippen molar-refractivity contribution in [3.8, 4) is 0 Å². The van der Waals surface area contributed by atoms with E-state index in [1.54, 1.807) is 11.3 Å². The standard InChI is InChI=1S/C13H12Cl2S/c1-8-4-3-5-10(12(8)14)13(15)11-7-6-9(2)16-11/h3-7,13H,1-2H3. The summed E-state index contributed by atoms with van der Waals surface area (Å²) in [6, 6.07) is 10.1. The Morgan fingerprint density at radius 3 is 2.50 bits per heavy atom. The molecule has 1 aromatic heterocycles. The van der Waals surface area contributed by atoms with Crippen LogP contribution in [0.3, 0.4) is 0 Å². The lowest BCUT2D eigenvalue weighted by molar-refractivity contribution is 1.17. The Hall–Kier alpha value is -0.500. The van der Waals surface area contributed by atoms with Crippen LogP contribution >= 0.6 is 34.5 Å². The molecule has 0 spiro atoms. The normalized spacial score (nSPS) is 12.8. The minimum Gasteiger partial charge on any atom is -0.144 e. The second kappa shape index (κ2) is 4.79. The number of thiophene rings is 1. The van der Waals surface area contributed by atoms with Crippen molar-refractivity contribution in [2.24, 2.45) is 0 Å². The van der Waals surface area contributed by atoms with Gasteiger partial charge in [-0.25, -0.2) is 0 Å². The molecule has 0 amide bonds. The van der Waals surface area contributed by atoms with Gasteiger partial charge in [0.1, 0.15) is 0 Å². The van der Waals surface area contributed by atoms with E-state index in [1.165, 1.54) is 4.88 Å². The topological polar surface area (TPSA) is 0 Å². The first-order valence-electron chi connectivity index (χ1n) is 5.05. The summed E-state index contributed by atoms with van der Waals surface area (Å²) in [6.45, 7) is 4.07. The lowest BCUT2D eigenvalue weighted by atomic mass is 10.1. The Morgan fingerprint density at radius 2 is 1.88 bits per heavy atom. The van der Waals surface area contributed by atoms with Crippen LogP contribution < -0.4 is 0 Å². The molecule has 84 valence electrons. The Morgan fingerprint density at radius 1 is 1.12 bits per heavy atom. The second-order valence-electron chi connectivity index (χ2n) is 3.79. The summed E-state index contributed by atoms with van der Waals surface area (Å²) in [4.78, 5) is 2.41. The third-order valence-corrected chi connectivity index (χ3v) is 4.69. The zero-order valence-corrected chi connectivity index (χ0v) is 11.5. The van der Waals surface area contributed by atoms with Crippen LogP contribution in [0.15, 0.2) is 30.3 Å². The molecular formula is C13H12Cl2S. The summed E-state index contributed by atoms with van der Waals surface area (Å²) in [5.74, 6) is 0. The van der Waals surface area contributed by atoms with Gasteiger partial charge in [-0.05, 0) is 37.1 Å². The van der Waals surface area contributed by atoms with Gasteiger partial charge in [-0.15, -0.1) is 22.9 Å². The molecule has 0 aliphatic carbocycles. The van der Waals surface area contributed by atoms with Gasteiger partial charge in [0.2, 0.25) is 0 Å².